The van der Waals surface area contributed by atoms with E-state index in [0.29, 0.717) is 5.92 Å². The topological polar surface area (TPSA) is 36.9 Å². The second-order valence-electron chi connectivity index (χ2n) is 4.86. The quantitative estimate of drug-likeness (QED) is 0.696. The monoisotopic (exact) mass is 219 g/mol. The molecule has 4 aliphatic rings. The average Bonchev–Trinajstić information content (AvgIpc) is 2.71. The van der Waals surface area contributed by atoms with Gasteiger partial charge in [0.05, 0.1) is 6.54 Å². The van der Waals surface area contributed by atoms with Gasteiger partial charge in [0.1, 0.15) is 5.84 Å². The van der Waals surface area contributed by atoms with Gasteiger partial charge in [-0.25, -0.2) is 9.83 Å². The minimum Gasteiger partial charge on any atom is -0.298 e. The van der Waals surface area contributed by atoms with E-state index in [-0.39, 0.29) is 5.72 Å². The molecule has 4 heterocycles. The number of piperidine rings is 3. The van der Waals surface area contributed by atoms with Crippen molar-refractivity contribution in [3.05, 3.63) is 0 Å². The lowest BCUT2D eigenvalue weighted by Gasteiger charge is -2.47. The number of aliphatic imine (C=N–C) groups is 1. The fraction of sp³-hybridized carbons (Fsp3) is 0.750. The largest absolute Gasteiger partial charge is 0.298 e. The van der Waals surface area contributed by atoms with Crippen LogP contribution in [0, 0.1) is 18.3 Å². The number of fused-ring (bicyclic) bond motifs is 2. The first-order valence-electron chi connectivity index (χ1n) is 6.01. The van der Waals surface area contributed by atoms with Crippen LogP contribution in [0.5, 0.6) is 0 Å². The third kappa shape index (κ3) is 1.51. The molecular weight excluding hydrogens is 202 g/mol. The lowest BCUT2D eigenvalue weighted by Crippen LogP contribution is -2.58. The van der Waals surface area contributed by atoms with Gasteiger partial charge in [-0.2, -0.15) is 0 Å². The van der Waals surface area contributed by atoms with Gasteiger partial charge in [-0.05, 0) is 25.9 Å². The van der Waals surface area contributed by atoms with E-state index in [2.05, 4.69) is 16.3 Å². The Balaban J connectivity index is 1.75. The van der Waals surface area contributed by atoms with Gasteiger partial charge in [0.25, 0.3) is 0 Å². The van der Waals surface area contributed by atoms with Crippen molar-refractivity contribution >= 4 is 5.84 Å². The summed E-state index contributed by atoms with van der Waals surface area (Å²) in [5.41, 5.74) is 2.66. The summed E-state index contributed by atoms with van der Waals surface area (Å²) < 4.78 is 0. The molecule has 0 aromatic rings. The highest BCUT2D eigenvalue weighted by molar-refractivity contribution is 5.83. The molecule has 1 N–H and O–H groups in total. The molecule has 0 saturated carbocycles. The van der Waals surface area contributed by atoms with Gasteiger partial charge in [-0.1, -0.05) is 0 Å². The molecule has 2 bridgehead atoms. The van der Waals surface area contributed by atoms with Crippen molar-refractivity contribution in [3.8, 4) is 12.3 Å². The van der Waals surface area contributed by atoms with E-state index in [4.69, 9.17) is 16.3 Å². The Morgan fingerprint density at radius 2 is 2.38 bits per heavy atom. The van der Waals surface area contributed by atoms with Crippen molar-refractivity contribution in [2.45, 2.75) is 31.4 Å². The van der Waals surface area contributed by atoms with E-state index in [1.807, 2.05) is 0 Å². The van der Waals surface area contributed by atoms with Crippen LogP contribution >= 0.6 is 0 Å². The lowest BCUT2D eigenvalue weighted by molar-refractivity contribution is -0.155. The van der Waals surface area contributed by atoms with Crippen LogP contribution in [0.3, 0.4) is 0 Å². The van der Waals surface area contributed by atoms with Crippen LogP contribution in [0.25, 0.3) is 0 Å². The standard InChI is InChI=1S/C12H17N3O/c1-2-3-4-11-13-12(16-14-11)9-15-7-5-10(12)6-8-15/h1,10H,3-9H2,(H,13,14). The maximum absolute atomic E-state index is 5.76. The highest BCUT2D eigenvalue weighted by Gasteiger charge is 2.50. The molecule has 16 heavy (non-hydrogen) atoms. The molecule has 1 atom stereocenters. The lowest BCUT2D eigenvalue weighted by atomic mass is 9.81. The first kappa shape index (κ1) is 10.1. The van der Waals surface area contributed by atoms with Crippen LogP contribution < -0.4 is 5.48 Å². The SMILES string of the molecule is C#CCCC1=NC2(CN3CCC2CC3)ON1. The Kier molecular flexibility index (Phi) is 2.38. The molecule has 1 unspecified atom stereocenters. The van der Waals surface area contributed by atoms with Crippen molar-refractivity contribution in [2.24, 2.45) is 10.9 Å². The number of hydrogen-bond donors (Lipinski definition) is 1. The molecule has 0 aliphatic carbocycles. The Morgan fingerprint density at radius 3 is 3.00 bits per heavy atom. The molecule has 1 spiro atoms. The van der Waals surface area contributed by atoms with Gasteiger partial charge in [0, 0.05) is 18.8 Å². The molecule has 4 aliphatic heterocycles. The van der Waals surface area contributed by atoms with Gasteiger partial charge < -0.3 is 0 Å². The third-order valence-electron chi connectivity index (χ3n) is 3.85. The maximum Gasteiger partial charge on any atom is 0.202 e. The summed E-state index contributed by atoms with van der Waals surface area (Å²) in [5.74, 6) is 4.13. The number of hydroxylamine groups is 1. The molecule has 0 aromatic heterocycles. The summed E-state index contributed by atoms with van der Waals surface area (Å²) in [6, 6.07) is 0. The van der Waals surface area contributed by atoms with Crippen LogP contribution in [-0.2, 0) is 4.84 Å². The maximum atomic E-state index is 5.76. The van der Waals surface area contributed by atoms with E-state index in [1.54, 1.807) is 0 Å². The van der Waals surface area contributed by atoms with E-state index in [1.165, 1.54) is 25.9 Å². The minimum absolute atomic E-state index is 0.305. The molecule has 0 amide bonds. The average molecular weight is 219 g/mol. The van der Waals surface area contributed by atoms with Gasteiger partial charge >= 0.3 is 0 Å². The molecule has 4 rings (SSSR count). The van der Waals surface area contributed by atoms with Crippen LogP contribution in [0.15, 0.2) is 4.99 Å². The van der Waals surface area contributed by atoms with Crippen LogP contribution in [0.1, 0.15) is 25.7 Å². The van der Waals surface area contributed by atoms with Crippen LogP contribution in [0.2, 0.25) is 0 Å². The molecule has 4 nitrogen and oxygen atoms in total. The molecule has 3 fully saturated rings. The molecular formula is C12H17N3O. The molecule has 0 radical (unpaired) electrons. The summed E-state index contributed by atoms with van der Waals surface area (Å²) in [6.45, 7) is 3.33. The fourth-order valence-electron chi connectivity index (χ4n) is 2.95. The van der Waals surface area contributed by atoms with Gasteiger partial charge in [-0.3, -0.25) is 10.4 Å². The zero-order valence-electron chi connectivity index (χ0n) is 9.41. The van der Waals surface area contributed by atoms with Crippen molar-refractivity contribution < 1.29 is 4.84 Å². The zero-order chi connectivity index (χ0) is 11.0. The van der Waals surface area contributed by atoms with E-state index in [9.17, 15) is 0 Å². The highest BCUT2D eigenvalue weighted by Crippen LogP contribution is 2.40. The zero-order valence-corrected chi connectivity index (χ0v) is 9.41. The van der Waals surface area contributed by atoms with Crippen molar-refractivity contribution in [1.29, 1.82) is 0 Å². The van der Waals surface area contributed by atoms with Crippen LogP contribution in [0.4, 0.5) is 0 Å². The van der Waals surface area contributed by atoms with E-state index >= 15 is 0 Å². The highest BCUT2D eigenvalue weighted by atomic mass is 16.7. The molecule has 86 valence electrons. The Hall–Kier alpha value is -1.05. The van der Waals surface area contributed by atoms with E-state index in [0.717, 1.165) is 25.2 Å². The Bertz CT molecular complexity index is 352. The normalized spacial score (nSPS) is 40.6. The number of amidine groups is 1. The predicted octanol–water partition coefficient (Wildman–Crippen LogP) is 0.755. The second-order valence-corrected chi connectivity index (χ2v) is 4.86. The summed E-state index contributed by atoms with van der Waals surface area (Å²) in [4.78, 5) is 12.9. The van der Waals surface area contributed by atoms with Crippen molar-refractivity contribution in [3.63, 3.8) is 0 Å². The van der Waals surface area contributed by atoms with Crippen LogP contribution in [-0.4, -0.2) is 36.1 Å². The molecule has 3 saturated heterocycles. The third-order valence-corrected chi connectivity index (χ3v) is 3.85. The smallest absolute Gasteiger partial charge is 0.202 e. The predicted molar refractivity (Wildman–Crippen MR) is 61.6 cm³/mol. The first-order valence-corrected chi connectivity index (χ1v) is 6.01. The summed E-state index contributed by atoms with van der Waals surface area (Å²) >= 11 is 0. The van der Waals surface area contributed by atoms with Gasteiger partial charge in [-0.15, -0.1) is 12.3 Å². The Morgan fingerprint density at radius 1 is 1.56 bits per heavy atom. The summed E-state index contributed by atoms with van der Waals surface area (Å²) in [7, 11) is 0. The van der Waals surface area contributed by atoms with Gasteiger partial charge in [0.15, 0.2) is 0 Å². The molecule has 0 aromatic carbocycles. The van der Waals surface area contributed by atoms with Crippen molar-refractivity contribution in [2.75, 3.05) is 19.6 Å². The van der Waals surface area contributed by atoms with Gasteiger partial charge in [0.2, 0.25) is 5.72 Å². The number of rotatable bonds is 2. The Labute approximate surface area is 96.0 Å². The summed E-state index contributed by atoms with van der Waals surface area (Å²) in [5, 5.41) is 0. The number of nitrogens with one attached hydrogen (secondary N) is 1. The first-order chi connectivity index (χ1) is 7.82. The molecule has 4 heteroatoms. The number of hydrogen-bond acceptors (Lipinski definition) is 4. The number of terminal acetylenes is 1. The van der Waals surface area contributed by atoms with E-state index < -0.39 is 0 Å². The summed E-state index contributed by atoms with van der Waals surface area (Å²) in [6.07, 6.45) is 9.18. The van der Waals surface area contributed by atoms with Crippen molar-refractivity contribution in [1.82, 2.24) is 10.4 Å². The minimum atomic E-state index is -0.305. The number of nitrogens with zero attached hydrogens (tertiary/aromatic N) is 2. The fourth-order valence-corrected chi connectivity index (χ4v) is 2.95. The second kappa shape index (κ2) is 3.76.